The quantitative estimate of drug-likeness (QED) is 0.676. The molecule has 13 heteroatoms. The van der Waals surface area contributed by atoms with Crippen LogP contribution in [0.5, 0.6) is 0 Å². The van der Waals surface area contributed by atoms with E-state index in [-0.39, 0.29) is 25.1 Å². The van der Waals surface area contributed by atoms with Crippen LogP contribution in [0.2, 0.25) is 0 Å². The van der Waals surface area contributed by atoms with Gasteiger partial charge in [-0.05, 0) is 25.0 Å². The summed E-state index contributed by atoms with van der Waals surface area (Å²) in [6.07, 6.45) is -6.61. The minimum absolute atomic E-state index is 0.0771. The zero-order chi connectivity index (χ0) is 21.9. The van der Waals surface area contributed by atoms with Crippen molar-refractivity contribution in [3.8, 4) is 0 Å². The molecule has 1 fully saturated rings. The first-order valence-corrected chi connectivity index (χ1v) is 9.18. The number of alkyl halides is 6. The number of halogens is 6. The first-order valence-electron chi connectivity index (χ1n) is 9.18. The number of hydrogen-bond donors (Lipinski definition) is 2. The lowest BCUT2D eigenvalue weighted by atomic mass is 10.0. The van der Waals surface area contributed by atoms with Crippen molar-refractivity contribution in [2.75, 3.05) is 25.0 Å². The van der Waals surface area contributed by atoms with Crippen molar-refractivity contribution in [1.82, 2.24) is 24.6 Å². The number of hydrogen-bond acceptors (Lipinski definition) is 6. The highest BCUT2D eigenvalue weighted by atomic mass is 19.4. The molecule has 2 aromatic heterocycles. The average Bonchev–Trinajstić information content (AvgIpc) is 3.12. The molecule has 0 bridgehead atoms. The van der Waals surface area contributed by atoms with E-state index in [2.05, 4.69) is 20.4 Å². The second-order valence-corrected chi connectivity index (χ2v) is 7.06. The molecule has 1 aliphatic heterocycles. The Kier molecular flexibility index (Phi) is 6.50. The second kappa shape index (κ2) is 8.76. The van der Waals surface area contributed by atoms with Crippen LogP contribution in [0.25, 0.3) is 0 Å². The molecular formula is C17H20F6N6O. The molecule has 1 aliphatic rings. The Morgan fingerprint density at radius 1 is 1.03 bits per heavy atom. The number of rotatable bonds is 6. The molecule has 2 N–H and O–H groups in total. The molecule has 3 rings (SSSR count). The van der Waals surface area contributed by atoms with Crippen LogP contribution in [-0.2, 0) is 18.9 Å². The monoisotopic (exact) mass is 438 g/mol. The van der Waals surface area contributed by atoms with E-state index in [0.29, 0.717) is 25.9 Å². The van der Waals surface area contributed by atoms with E-state index in [9.17, 15) is 31.4 Å². The summed E-state index contributed by atoms with van der Waals surface area (Å²) < 4.78 is 76.9. The summed E-state index contributed by atoms with van der Waals surface area (Å²) >= 11 is 0. The van der Waals surface area contributed by atoms with E-state index in [1.807, 2.05) is 4.90 Å². The Balaban J connectivity index is 1.45. The standard InChI is InChI=1S/C17H20F6N6O/c18-16(19,20)13-1-5-24-15(26-13)25-11-2-6-28(7-3-11)9-12(30)10-29-8-4-14(27-29)17(21,22)23/h1,4-5,8,11-12,30H,2-3,6-7,9-10H2,(H,24,25,26)/t12-/m1/s1. The summed E-state index contributed by atoms with van der Waals surface area (Å²) in [5, 5.41) is 16.4. The van der Waals surface area contributed by atoms with Crippen LogP contribution in [0.3, 0.4) is 0 Å². The summed E-state index contributed by atoms with van der Waals surface area (Å²) in [5.74, 6) is -0.0949. The van der Waals surface area contributed by atoms with Gasteiger partial charge in [0.25, 0.3) is 0 Å². The molecule has 1 saturated heterocycles. The number of aromatic nitrogens is 4. The highest BCUT2D eigenvalue weighted by Crippen LogP contribution is 2.28. The Bertz CT molecular complexity index is 831. The van der Waals surface area contributed by atoms with Crippen molar-refractivity contribution in [3.05, 3.63) is 35.9 Å². The van der Waals surface area contributed by atoms with Crippen LogP contribution in [0.15, 0.2) is 24.5 Å². The Labute approximate surface area is 167 Å². The van der Waals surface area contributed by atoms with Crippen LogP contribution in [0.4, 0.5) is 32.3 Å². The second-order valence-electron chi connectivity index (χ2n) is 7.06. The van der Waals surface area contributed by atoms with E-state index in [1.165, 1.54) is 0 Å². The summed E-state index contributed by atoms with van der Waals surface area (Å²) in [5.41, 5.74) is -2.04. The predicted octanol–water partition coefficient (Wildman–Crippen LogP) is 2.65. The van der Waals surface area contributed by atoms with Gasteiger partial charge in [-0.3, -0.25) is 4.68 Å². The van der Waals surface area contributed by atoms with Crippen molar-refractivity contribution >= 4 is 5.95 Å². The van der Waals surface area contributed by atoms with Gasteiger partial charge >= 0.3 is 12.4 Å². The fourth-order valence-electron chi connectivity index (χ4n) is 3.21. The van der Waals surface area contributed by atoms with Gasteiger partial charge in [-0.2, -0.15) is 31.4 Å². The number of aliphatic hydroxyl groups excluding tert-OH is 1. The maximum absolute atomic E-state index is 12.7. The smallest absolute Gasteiger partial charge is 0.390 e. The van der Waals surface area contributed by atoms with Crippen LogP contribution < -0.4 is 5.32 Å². The highest BCUT2D eigenvalue weighted by Gasteiger charge is 2.34. The molecule has 0 unspecified atom stereocenters. The third kappa shape index (κ3) is 6.05. The van der Waals surface area contributed by atoms with Crippen LogP contribution in [0, 0.1) is 0 Å². The molecule has 0 radical (unpaired) electrons. The van der Waals surface area contributed by atoms with E-state index < -0.39 is 29.8 Å². The third-order valence-corrected chi connectivity index (χ3v) is 4.66. The normalized spacial score (nSPS) is 17.8. The van der Waals surface area contributed by atoms with Gasteiger partial charge in [0.15, 0.2) is 5.69 Å². The van der Waals surface area contributed by atoms with Gasteiger partial charge in [0.1, 0.15) is 5.69 Å². The van der Waals surface area contributed by atoms with E-state index in [0.717, 1.165) is 29.2 Å². The molecule has 3 heterocycles. The third-order valence-electron chi connectivity index (χ3n) is 4.66. The van der Waals surface area contributed by atoms with Crippen molar-refractivity contribution in [2.24, 2.45) is 0 Å². The van der Waals surface area contributed by atoms with Crippen molar-refractivity contribution in [2.45, 2.75) is 43.9 Å². The van der Waals surface area contributed by atoms with Gasteiger partial charge in [0, 0.05) is 38.1 Å². The maximum Gasteiger partial charge on any atom is 0.435 e. The Morgan fingerprint density at radius 2 is 1.70 bits per heavy atom. The molecule has 0 aliphatic carbocycles. The topological polar surface area (TPSA) is 79.1 Å². The van der Waals surface area contributed by atoms with E-state index >= 15 is 0 Å². The molecule has 30 heavy (non-hydrogen) atoms. The molecule has 0 spiro atoms. The number of anilines is 1. The molecular weight excluding hydrogens is 418 g/mol. The number of likely N-dealkylation sites (tertiary alicyclic amines) is 1. The van der Waals surface area contributed by atoms with Gasteiger partial charge in [0.2, 0.25) is 5.95 Å². The number of piperidine rings is 1. The molecule has 0 amide bonds. The van der Waals surface area contributed by atoms with E-state index in [4.69, 9.17) is 0 Å². The van der Waals surface area contributed by atoms with Gasteiger partial charge < -0.3 is 15.3 Å². The first-order chi connectivity index (χ1) is 14.0. The van der Waals surface area contributed by atoms with Crippen LogP contribution in [0.1, 0.15) is 24.2 Å². The molecule has 0 saturated carbocycles. The van der Waals surface area contributed by atoms with Gasteiger partial charge in [-0.1, -0.05) is 0 Å². The number of β-amino-alcohol motifs (C(OH)–C–C–N with tert-alkyl or cyclic N) is 1. The average molecular weight is 438 g/mol. The largest absolute Gasteiger partial charge is 0.435 e. The Hall–Kier alpha value is -2.41. The number of nitrogens with zero attached hydrogens (tertiary/aromatic N) is 5. The fourth-order valence-corrected chi connectivity index (χ4v) is 3.21. The summed E-state index contributed by atoms with van der Waals surface area (Å²) in [4.78, 5) is 9.23. The molecule has 0 aromatic carbocycles. The van der Waals surface area contributed by atoms with Gasteiger partial charge in [-0.25, -0.2) is 9.97 Å². The SMILES string of the molecule is O[C@H](CN1CCC(Nc2nccc(C(F)(F)F)n2)CC1)Cn1ccc(C(F)(F)F)n1. The zero-order valence-electron chi connectivity index (χ0n) is 15.7. The van der Waals surface area contributed by atoms with Crippen molar-refractivity contribution < 1.29 is 31.4 Å². The molecule has 2 aromatic rings. The predicted molar refractivity (Wildman–Crippen MR) is 93.4 cm³/mol. The van der Waals surface area contributed by atoms with Gasteiger partial charge in [-0.15, -0.1) is 0 Å². The fraction of sp³-hybridized carbons (Fsp3) is 0.588. The Morgan fingerprint density at radius 3 is 2.30 bits per heavy atom. The van der Waals surface area contributed by atoms with E-state index in [1.54, 1.807) is 0 Å². The summed E-state index contributed by atoms with van der Waals surface area (Å²) in [6.45, 7) is 1.28. The summed E-state index contributed by atoms with van der Waals surface area (Å²) in [7, 11) is 0. The van der Waals surface area contributed by atoms with Gasteiger partial charge in [0.05, 0.1) is 12.6 Å². The molecule has 7 nitrogen and oxygen atoms in total. The zero-order valence-corrected chi connectivity index (χ0v) is 15.7. The minimum atomic E-state index is -4.55. The number of nitrogens with one attached hydrogen (secondary N) is 1. The van der Waals surface area contributed by atoms with Crippen LogP contribution in [-0.4, -0.2) is 61.5 Å². The minimum Gasteiger partial charge on any atom is -0.390 e. The summed E-state index contributed by atoms with van der Waals surface area (Å²) in [6, 6.07) is 1.52. The molecule has 166 valence electrons. The first kappa shape index (κ1) is 22.3. The van der Waals surface area contributed by atoms with Crippen molar-refractivity contribution in [1.29, 1.82) is 0 Å². The highest BCUT2D eigenvalue weighted by molar-refractivity contribution is 5.27. The maximum atomic E-state index is 12.7. The van der Waals surface area contributed by atoms with Crippen LogP contribution >= 0.6 is 0 Å². The lowest BCUT2D eigenvalue weighted by molar-refractivity contribution is -0.142. The lowest BCUT2D eigenvalue weighted by Gasteiger charge is -2.33. The van der Waals surface area contributed by atoms with Crippen molar-refractivity contribution in [3.63, 3.8) is 0 Å². The number of aliphatic hydroxyl groups is 1. The molecule has 1 atom stereocenters. The lowest BCUT2D eigenvalue weighted by Crippen LogP contribution is -2.43.